The number of hydrogen-bond donors (Lipinski definition) is 0. The molecule has 1 aromatic carbocycles. The molecule has 0 N–H and O–H groups in total. The first-order chi connectivity index (χ1) is 12.3. The van der Waals surface area contributed by atoms with Crippen molar-refractivity contribution in [1.29, 1.82) is 0 Å². The first kappa shape index (κ1) is 16.6. The van der Waals surface area contributed by atoms with Crippen LogP contribution in [0.1, 0.15) is 47.6 Å². The maximum absolute atomic E-state index is 13.0. The fourth-order valence-electron chi connectivity index (χ4n) is 3.67. The van der Waals surface area contributed by atoms with E-state index in [1.165, 1.54) is 5.56 Å². The Morgan fingerprint density at radius 2 is 2.24 bits per heavy atom. The van der Waals surface area contributed by atoms with Gasteiger partial charge in [-0.1, -0.05) is 6.07 Å². The first-order valence-corrected chi connectivity index (χ1v) is 9.93. The minimum absolute atomic E-state index is 0.0938. The van der Waals surface area contributed by atoms with E-state index in [0.29, 0.717) is 12.2 Å². The molecule has 0 radical (unpaired) electrons. The highest BCUT2D eigenvalue weighted by molar-refractivity contribution is 7.08. The van der Waals surface area contributed by atoms with Crippen molar-refractivity contribution >= 4 is 17.2 Å². The largest absolute Gasteiger partial charge is 0.491 e. The normalized spacial score (nSPS) is 23.1. The second-order valence-corrected chi connectivity index (χ2v) is 7.47. The van der Waals surface area contributed by atoms with Crippen LogP contribution < -0.4 is 4.74 Å². The van der Waals surface area contributed by atoms with E-state index in [4.69, 9.17) is 9.47 Å². The van der Waals surface area contributed by atoms with Gasteiger partial charge in [0.05, 0.1) is 12.1 Å². The van der Waals surface area contributed by atoms with Crippen molar-refractivity contribution in [2.24, 2.45) is 0 Å². The zero-order chi connectivity index (χ0) is 17.1. The smallest absolute Gasteiger partial charge is 0.254 e. The molecular weight excluding hydrogens is 334 g/mol. The van der Waals surface area contributed by atoms with Crippen LogP contribution >= 0.6 is 11.3 Å². The predicted octanol–water partition coefficient (Wildman–Crippen LogP) is 4.28. The number of rotatable bonds is 5. The van der Waals surface area contributed by atoms with Gasteiger partial charge in [0.1, 0.15) is 12.4 Å². The zero-order valence-electron chi connectivity index (χ0n) is 14.2. The molecule has 2 aliphatic heterocycles. The van der Waals surface area contributed by atoms with E-state index in [-0.39, 0.29) is 18.1 Å². The van der Waals surface area contributed by atoms with Gasteiger partial charge in [-0.25, -0.2) is 0 Å². The summed E-state index contributed by atoms with van der Waals surface area (Å²) < 4.78 is 11.4. The molecule has 5 heteroatoms. The molecule has 4 rings (SSSR count). The number of thiophene rings is 1. The monoisotopic (exact) mass is 357 g/mol. The molecule has 0 saturated carbocycles. The molecule has 2 saturated heterocycles. The summed E-state index contributed by atoms with van der Waals surface area (Å²) in [7, 11) is 0. The predicted molar refractivity (Wildman–Crippen MR) is 98.2 cm³/mol. The van der Waals surface area contributed by atoms with Crippen molar-refractivity contribution in [2.45, 2.75) is 37.8 Å². The van der Waals surface area contributed by atoms with E-state index in [0.717, 1.165) is 44.6 Å². The Morgan fingerprint density at radius 3 is 3.04 bits per heavy atom. The molecular formula is C20H23NO3S. The topological polar surface area (TPSA) is 38.8 Å². The Kier molecular flexibility index (Phi) is 5.04. The van der Waals surface area contributed by atoms with E-state index in [1.54, 1.807) is 11.3 Å². The molecule has 1 amide bonds. The molecule has 4 nitrogen and oxygen atoms in total. The maximum Gasteiger partial charge on any atom is 0.254 e. The van der Waals surface area contributed by atoms with Crippen molar-refractivity contribution in [2.75, 3.05) is 19.8 Å². The molecule has 2 aliphatic rings. The van der Waals surface area contributed by atoms with Gasteiger partial charge < -0.3 is 14.4 Å². The minimum Gasteiger partial charge on any atom is -0.491 e. The van der Waals surface area contributed by atoms with E-state index < -0.39 is 0 Å². The van der Waals surface area contributed by atoms with Crippen LogP contribution in [0.25, 0.3) is 0 Å². The highest BCUT2D eigenvalue weighted by Crippen LogP contribution is 2.34. The second-order valence-electron chi connectivity index (χ2n) is 6.69. The van der Waals surface area contributed by atoms with Crippen molar-refractivity contribution in [3.63, 3.8) is 0 Å². The summed E-state index contributed by atoms with van der Waals surface area (Å²) in [5.41, 5.74) is 1.95. The lowest BCUT2D eigenvalue weighted by molar-refractivity contribution is 0.0676. The molecule has 1 aromatic heterocycles. The van der Waals surface area contributed by atoms with E-state index >= 15 is 0 Å². The second kappa shape index (κ2) is 7.58. The Bertz CT molecular complexity index is 709. The molecule has 2 aromatic rings. The summed E-state index contributed by atoms with van der Waals surface area (Å²) in [6, 6.07) is 9.88. The summed E-state index contributed by atoms with van der Waals surface area (Å²) in [6.45, 7) is 2.20. The zero-order valence-corrected chi connectivity index (χ0v) is 15.0. The van der Waals surface area contributed by atoms with Gasteiger partial charge in [0.2, 0.25) is 0 Å². The van der Waals surface area contributed by atoms with Gasteiger partial charge in [-0.05, 0) is 66.3 Å². The molecule has 2 atom stereocenters. The lowest BCUT2D eigenvalue weighted by Gasteiger charge is -2.24. The van der Waals surface area contributed by atoms with E-state index in [1.807, 2.05) is 29.2 Å². The van der Waals surface area contributed by atoms with E-state index in [9.17, 15) is 4.79 Å². The van der Waals surface area contributed by atoms with Gasteiger partial charge in [-0.2, -0.15) is 11.3 Å². The SMILES string of the molecule is O=C(c1cccc(OC[C@H]2CCCO2)c1)N1CCC[C@@H]1c1ccsc1. The number of carbonyl (C=O) groups is 1. The van der Waals surface area contributed by atoms with Crippen LogP contribution in [-0.4, -0.2) is 36.7 Å². The summed E-state index contributed by atoms with van der Waals surface area (Å²) >= 11 is 1.69. The molecule has 0 bridgehead atoms. The summed E-state index contributed by atoms with van der Waals surface area (Å²) in [4.78, 5) is 15.0. The van der Waals surface area contributed by atoms with Gasteiger partial charge in [-0.15, -0.1) is 0 Å². The van der Waals surface area contributed by atoms with Gasteiger partial charge in [-0.3, -0.25) is 4.79 Å². The van der Waals surface area contributed by atoms with Crippen LogP contribution in [0.3, 0.4) is 0 Å². The molecule has 3 heterocycles. The number of carbonyl (C=O) groups excluding carboxylic acids is 1. The van der Waals surface area contributed by atoms with Crippen LogP contribution in [0.15, 0.2) is 41.1 Å². The number of likely N-dealkylation sites (tertiary alicyclic amines) is 1. The summed E-state index contributed by atoms with van der Waals surface area (Å²) in [5, 5.41) is 4.23. The fraction of sp³-hybridized carbons (Fsp3) is 0.450. The molecule has 0 aliphatic carbocycles. The average Bonchev–Trinajstić information content (AvgIpc) is 3.41. The summed E-state index contributed by atoms with van der Waals surface area (Å²) in [5.74, 6) is 0.837. The number of amides is 1. The van der Waals surface area contributed by atoms with Crippen molar-refractivity contribution in [3.8, 4) is 5.75 Å². The Hall–Kier alpha value is -1.85. The number of benzene rings is 1. The van der Waals surface area contributed by atoms with Gasteiger partial charge in [0, 0.05) is 18.7 Å². The van der Waals surface area contributed by atoms with Gasteiger partial charge >= 0.3 is 0 Å². The quantitative estimate of drug-likeness (QED) is 0.801. The first-order valence-electron chi connectivity index (χ1n) is 8.99. The van der Waals surface area contributed by atoms with Crippen LogP contribution in [-0.2, 0) is 4.74 Å². The number of hydrogen-bond acceptors (Lipinski definition) is 4. The van der Waals surface area contributed by atoms with Crippen LogP contribution in [0.4, 0.5) is 0 Å². The van der Waals surface area contributed by atoms with Crippen LogP contribution in [0.2, 0.25) is 0 Å². The van der Waals surface area contributed by atoms with Gasteiger partial charge in [0.25, 0.3) is 5.91 Å². The van der Waals surface area contributed by atoms with Gasteiger partial charge in [0.15, 0.2) is 0 Å². The third-order valence-electron chi connectivity index (χ3n) is 4.98. The minimum atomic E-state index is 0.0938. The molecule has 25 heavy (non-hydrogen) atoms. The average molecular weight is 357 g/mol. The third kappa shape index (κ3) is 3.72. The molecule has 132 valence electrons. The number of ether oxygens (including phenoxy) is 2. The van der Waals surface area contributed by atoms with Crippen molar-refractivity contribution in [3.05, 3.63) is 52.2 Å². The third-order valence-corrected chi connectivity index (χ3v) is 5.68. The molecule has 2 fully saturated rings. The summed E-state index contributed by atoms with van der Waals surface area (Å²) in [6.07, 6.45) is 4.43. The molecule has 0 unspecified atom stereocenters. The van der Waals surface area contributed by atoms with Crippen molar-refractivity contribution in [1.82, 2.24) is 4.90 Å². The Morgan fingerprint density at radius 1 is 1.28 bits per heavy atom. The highest BCUT2D eigenvalue weighted by atomic mass is 32.1. The fourth-order valence-corrected chi connectivity index (χ4v) is 4.38. The molecule has 0 spiro atoms. The Labute approximate surface area is 152 Å². The van der Waals surface area contributed by atoms with Crippen molar-refractivity contribution < 1.29 is 14.3 Å². The number of nitrogens with zero attached hydrogens (tertiary/aromatic N) is 1. The van der Waals surface area contributed by atoms with E-state index in [2.05, 4.69) is 16.8 Å². The maximum atomic E-state index is 13.0. The van der Waals surface area contributed by atoms with Crippen LogP contribution in [0.5, 0.6) is 5.75 Å². The standard InChI is InChI=1S/C20H23NO3S/c22-20(21-9-2-7-19(21)16-8-11-25-14-16)15-4-1-5-17(12-15)24-13-18-6-3-10-23-18/h1,4-5,8,11-12,14,18-19H,2-3,6-7,9-10,13H2/t18-,19-/m1/s1. The Balaban J connectivity index is 1.45. The lowest BCUT2D eigenvalue weighted by Crippen LogP contribution is -2.30. The lowest BCUT2D eigenvalue weighted by atomic mass is 10.1. The highest BCUT2D eigenvalue weighted by Gasteiger charge is 2.30. The van der Waals surface area contributed by atoms with Crippen LogP contribution in [0, 0.1) is 0 Å².